The summed E-state index contributed by atoms with van der Waals surface area (Å²) in [5, 5.41) is 0.511. The molecule has 144 valence electrons. The van der Waals surface area contributed by atoms with Crippen molar-refractivity contribution < 1.29 is 4.74 Å². The molecular weight excluding hydrogens is 362 g/mol. The number of benzene rings is 3. The second-order valence-corrected chi connectivity index (χ2v) is 8.49. The van der Waals surface area contributed by atoms with Gasteiger partial charge in [0.1, 0.15) is 5.75 Å². The Labute approximate surface area is 172 Å². The molecule has 0 amide bonds. The first-order valence-electron chi connectivity index (χ1n) is 9.97. The van der Waals surface area contributed by atoms with Crippen LogP contribution in [0.1, 0.15) is 24.8 Å². The first kappa shape index (κ1) is 18.9. The molecule has 4 rings (SSSR count). The molecule has 0 spiro atoms. The summed E-state index contributed by atoms with van der Waals surface area (Å²) in [5.41, 5.74) is 2.72. The van der Waals surface area contributed by atoms with Gasteiger partial charge in [0.15, 0.2) is 0 Å². The lowest BCUT2D eigenvalue weighted by atomic mass is 9.95. The average molecular weight is 390 g/mol. The lowest BCUT2D eigenvalue weighted by molar-refractivity contribution is 0.415. The first-order valence-corrected chi connectivity index (χ1v) is 10.9. The molecule has 0 unspecified atom stereocenters. The van der Waals surface area contributed by atoms with E-state index in [4.69, 9.17) is 4.74 Å². The zero-order valence-corrected chi connectivity index (χ0v) is 17.3. The van der Waals surface area contributed by atoms with Crippen LogP contribution >= 0.6 is 11.8 Å². The number of thioether (sulfide) groups is 1. The number of rotatable bonds is 6. The molecule has 0 aromatic heterocycles. The molecule has 3 heteroatoms. The van der Waals surface area contributed by atoms with Crippen molar-refractivity contribution >= 4 is 17.4 Å². The molecule has 0 saturated carbocycles. The molecule has 0 bridgehead atoms. The predicted octanol–water partition coefficient (Wildman–Crippen LogP) is 6.24. The Kier molecular flexibility index (Phi) is 5.92. The van der Waals surface area contributed by atoms with Crippen molar-refractivity contribution in [1.82, 2.24) is 0 Å². The SMILES string of the molecule is CC[C@H]1[C@H](Sc2ccccc2)[C@H](c2ccccc2)CN1c1ccc(OC)cc1. The summed E-state index contributed by atoms with van der Waals surface area (Å²) < 4.78 is 5.35. The van der Waals surface area contributed by atoms with Crippen molar-refractivity contribution in [2.75, 3.05) is 18.6 Å². The molecule has 3 aromatic rings. The maximum atomic E-state index is 5.35. The first-order chi connectivity index (χ1) is 13.8. The molecule has 2 nitrogen and oxygen atoms in total. The van der Waals surface area contributed by atoms with Crippen LogP contribution in [0.2, 0.25) is 0 Å². The standard InChI is InChI=1S/C25H27NOS/c1-3-24-25(28-22-12-8-5-9-13-22)23(19-10-6-4-7-11-19)18-26(24)20-14-16-21(27-2)17-15-20/h4-17,23-25H,3,18H2,1-2H3/t23-,24-,25+/m0/s1. The Bertz CT molecular complexity index is 866. The average Bonchev–Trinajstić information content (AvgIpc) is 3.13. The predicted molar refractivity (Wildman–Crippen MR) is 120 cm³/mol. The van der Waals surface area contributed by atoms with Crippen molar-refractivity contribution in [3.63, 3.8) is 0 Å². The van der Waals surface area contributed by atoms with Crippen LogP contribution in [0.5, 0.6) is 5.75 Å². The molecule has 0 N–H and O–H groups in total. The highest BCUT2D eigenvalue weighted by Gasteiger charge is 2.42. The van der Waals surface area contributed by atoms with Gasteiger partial charge < -0.3 is 9.64 Å². The number of ether oxygens (including phenoxy) is 1. The van der Waals surface area contributed by atoms with E-state index in [1.54, 1.807) is 7.11 Å². The van der Waals surface area contributed by atoms with Gasteiger partial charge in [0, 0.05) is 34.3 Å². The fourth-order valence-corrected chi connectivity index (χ4v) is 5.76. The number of hydrogen-bond donors (Lipinski definition) is 0. The summed E-state index contributed by atoms with van der Waals surface area (Å²) in [7, 11) is 1.72. The van der Waals surface area contributed by atoms with E-state index in [0.717, 1.165) is 18.7 Å². The van der Waals surface area contributed by atoms with Crippen LogP contribution in [-0.2, 0) is 0 Å². The number of nitrogens with zero attached hydrogens (tertiary/aromatic N) is 1. The highest BCUT2D eigenvalue weighted by Crippen LogP contribution is 2.45. The number of anilines is 1. The summed E-state index contributed by atoms with van der Waals surface area (Å²) in [6.07, 6.45) is 1.12. The lowest BCUT2D eigenvalue weighted by Crippen LogP contribution is -2.33. The van der Waals surface area contributed by atoms with Crippen LogP contribution in [0.4, 0.5) is 5.69 Å². The molecule has 28 heavy (non-hydrogen) atoms. The van der Waals surface area contributed by atoms with Gasteiger partial charge >= 0.3 is 0 Å². The Morgan fingerprint density at radius 3 is 2.14 bits per heavy atom. The summed E-state index contributed by atoms with van der Waals surface area (Å²) >= 11 is 2.03. The molecule has 0 aliphatic carbocycles. The van der Waals surface area contributed by atoms with Crippen molar-refractivity contribution in [2.45, 2.75) is 35.4 Å². The fraction of sp³-hybridized carbons (Fsp3) is 0.280. The van der Waals surface area contributed by atoms with Crippen molar-refractivity contribution in [2.24, 2.45) is 0 Å². The topological polar surface area (TPSA) is 12.5 Å². The highest BCUT2D eigenvalue weighted by molar-refractivity contribution is 8.00. The Hall–Kier alpha value is -2.39. The van der Waals surface area contributed by atoms with Crippen LogP contribution in [0.15, 0.2) is 89.8 Å². The van der Waals surface area contributed by atoms with Crippen molar-refractivity contribution in [1.29, 1.82) is 0 Å². The summed E-state index contributed by atoms with van der Waals surface area (Å²) in [5.74, 6) is 1.41. The Balaban J connectivity index is 1.68. The minimum atomic E-state index is 0.490. The molecular formula is C25H27NOS. The van der Waals surface area contributed by atoms with E-state index in [2.05, 4.69) is 96.8 Å². The van der Waals surface area contributed by atoms with Crippen molar-refractivity contribution in [3.05, 3.63) is 90.5 Å². The fourth-order valence-electron chi connectivity index (χ4n) is 4.23. The van der Waals surface area contributed by atoms with Crippen LogP contribution in [0.25, 0.3) is 0 Å². The third-order valence-electron chi connectivity index (χ3n) is 5.63. The van der Waals surface area contributed by atoms with E-state index in [9.17, 15) is 0 Å². The second kappa shape index (κ2) is 8.74. The third kappa shape index (κ3) is 3.90. The van der Waals surface area contributed by atoms with E-state index in [0.29, 0.717) is 17.2 Å². The maximum Gasteiger partial charge on any atom is 0.119 e. The largest absolute Gasteiger partial charge is 0.497 e. The monoisotopic (exact) mass is 389 g/mol. The minimum absolute atomic E-state index is 0.490. The van der Waals surface area contributed by atoms with Gasteiger partial charge in [-0.05, 0) is 48.4 Å². The van der Waals surface area contributed by atoms with Gasteiger partial charge in [-0.25, -0.2) is 0 Å². The van der Waals surface area contributed by atoms with Gasteiger partial charge in [-0.3, -0.25) is 0 Å². The molecule has 3 aromatic carbocycles. The zero-order chi connectivity index (χ0) is 19.3. The molecule has 3 atom stereocenters. The normalized spacial score (nSPS) is 21.6. The van der Waals surface area contributed by atoms with E-state index in [1.165, 1.54) is 16.1 Å². The number of hydrogen-bond acceptors (Lipinski definition) is 3. The summed E-state index contributed by atoms with van der Waals surface area (Å²) in [4.78, 5) is 3.95. The quantitative estimate of drug-likeness (QED) is 0.495. The molecule has 1 aliphatic rings. The van der Waals surface area contributed by atoms with Crippen LogP contribution in [0.3, 0.4) is 0 Å². The molecule has 1 fully saturated rings. The van der Waals surface area contributed by atoms with Gasteiger partial charge in [-0.15, -0.1) is 11.8 Å². The molecule has 1 heterocycles. The Morgan fingerprint density at radius 2 is 1.54 bits per heavy atom. The molecule has 1 aliphatic heterocycles. The molecule has 1 saturated heterocycles. The van der Waals surface area contributed by atoms with E-state index >= 15 is 0 Å². The summed E-state index contributed by atoms with van der Waals surface area (Å²) in [6.45, 7) is 3.35. The van der Waals surface area contributed by atoms with Crippen LogP contribution < -0.4 is 9.64 Å². The van der Waals surface area contributed by atoms with E-state index in [1.807, 2.05) is 11.8 Å². The van der Waals surface area contributed by atoms with Crippen LogP contribution in [0, 0.1) is 0 Å². The van der Waals surface area contributed by atoms with Gasteiger partial charge in [0.05, 0.1) is 7.11 Å². The Morgan fingerprint density at radius 1 is 0.893 bits per heavy atom. The van der Waals surface area contributed by atoms with Crippen molar-refractivity contribution in [3.8, 4) is 5.75 Å². The zero-order valence-electron chi connectivity index (χ0n) is 16.5. The van der Waals surface area contributed by atoms with Gasteiger partial charge in [0.25, 0.3) is 0 Å². The van der Waals surface area contributed by atoms with Crippen LogP contribution in [-0.4, -0.2) is 24.9 Å². The third-order valence-corrected chi connectivity index (χ3v) is 7.09. The van der Waals surface area contributed by atoms with E-state index in [-0.39, 0.29) is 0 Å². The minimum Gasteiger partial charge on any atom is -0.497 e. The van der Waals surface area contributed by atoms with Gasteiger partial charge in [0.2, 0.25) is 0 Å². The highest BCUT2D eigenvalue weighted by atomic mass is 32.2. The number of methoxy groups -OCH3 is 1. The second-order valence-electron chi connectivity index (χ2n) is 7.24. The lowest BCUT2D eigenvalue weighted by Gasteiger charge is -2.29. The van der Waals surface area contributed by atoms with Gasteiger partial charge in [-0.2, -0.15) is 0 Å². The molecule has 0 radical (unpaired) electrons. The van der Waals surface area contributed by atoms with Gasteiger partial charge in [-0.1, -0.05) is 55.5 Å². The van der Waals surface area contributed by atoms with E-state index < -0.39 is 0 Å². The smallest absolute Gasteiger partial charge is 0.119 e. The summed E-state index contributed by atoms with van der Waals surface area (Å²) in [6, 6.07) is 30.8. The maximum absolute atomic E-state index is 5.35.